The van der Waals surface area contributed by atoms with Crippen LogP contribution in [-0.4, -0.2) is 19.3 Å². The topological polar surface area (TPSA) is 21.3 Å². The third-order valence-electron chi connectivity index (χ3n) is 3.69. The molecule has 2 unspecified atom stereocenters. The summed E-state index contributed by atoms with van der Waals surface area (Å²) in [6.07, 6.45) is 0.233. The minimum atomic E-state index is 0.233. The number of benzene rings is 2. The van der Waals surface area contributed by atoms with E-state index in [1.807, 2.05) is 6.07 Å². The summed E-state index contributed by atoms with van der Waals surface area (Å²) in [5.41, 5.74) is 3.82. The van der Waals surface area contributed by atoms with Gasteiger partial charge < -0.3 is 10.1 Å². The summed E-state index contributed by atoms with van der Waals surface area (Å²) in [5, 5.41) is 3.52. The lowest BCUT2D eigenvalue weighted by molar-refractivity contribution is 0.00756. The minimum Gasteiger partial charge on any atom is -0.375 e. The molecule has 0 amide bonds. The fraction of sp³-hybridized carbons (Fsp3) is 0.294. The first-order valence-electron chi connectivity index (χ1n) is 6.85. The lowest BCUT2D eigenvalue weighted by Gasteiger charge is -2.30. The summed E-state index contributed by atoms with van der Waals surface area (Å²) in [7, 11) is 0. The van der Waals surface area contributed by atoms with Crippen LogP contribution in [0.5, 0.6) is 0 Å². The van der Waals surface area contributed by atoms with Gasteiger partial charge in [0.15, 0.2) is 0 Å². The van der Waals surface area contributed by atoms with E-state index in [1.165, 1.54) is 16.7 Å². The van der Waals surface area contributed by atoms with Crippen LogP contribution in [0, 0.1) is 0 Å². The van der Waals surface area contributed by atoms with Gasteiger partial charge in [-0.2, -0.15) is 0 Å². The Morgan fingerprint density at radius 3 is 2.32 bits per heavy atom. The second kappa shape index (κ2) is 5.55. The largest absolute Gasteiger partial charge is 0.375 e. The van der Waals surface area contributed by atoms with E-state index in [-0.39, 0.29) is 6.10 Å². The highest BCUT2D eigenvalue weighted by atomic mass is 16.5. The van der Waals surface area contributed by atoms with E-state index >= 15 is 0 Å². The van der Waals surface area contributed by atoms with Crippen LogP contribution in [0.4, 0.5) is 0 Å². The van der Waals surface area contributed by atoms with Gasteiger partial charge in [0.1, 0.15) is 0 Å². The van der Waals surface area contributed by atoms with Gasteiger partial charge in [-0.15, -0.1) is 0 Å². The molecule has 0 spiro atoms. The molecule has 19 heavy (non-hydrogen) atoms. The van der Waals surface area contributed by atoms with Crippen molar-refractivity contribution in [2.45, 2.75) is 19.1 Å². The fourth-order valence-electron chi connectivity index (χ4n) is 2.62. The predicted octanol–water partition coefficient (Wildman–Crippen LogP) is 3.40. The van der Waals surface area contributed by atoms with Crippen molar-refractivity contribution >= 4 is 0 Å². The molecule has 1 fully saturated rings. The zero-order valence-electron chi connectivity index (χ0n) is 11.2. The molecule has 1 N–H and O–H groups in total. The molecular weight excluding hydrogens is 234 g/mol. The SMILES string of the molecule is CC1OCCNC1c1ccc(-c2ccccc2)cc1. The molecule has 2 aromatic carbocycles. The molecule has 1 heterocycles. The van der Waals surface area contributed by atoms with Gasteiger partial charge in [-0.25, -0.2) is 0 Å². The normalized spacial score (nSPS) is 23.2. The summed E-state index contributed by atoms with van der Waals surface area (Å²) in [5.74, 6) is 0. The minimum absolute atomic E-state index is 0.233. The van der Waals surface area contributed by atoms with Crippen LogP contribution in [-0.2, 0) is 4.74 Å². The molecule has 2 aromatic rings. The van der Waals surface area contributed by atoms with Crippen molar-refractivity contribution in [2.75, 3.05) is 13.2 Å². The third-order valence-corrected chi connectivity index (χ3v) is 3.69. The van der Waals surface area contributed by atoms with Crippen molar-refractivity contribution < 1.29 is 4.74 Å². The van der Waals surface area contributed by atoms with Gasteiger partial charge in [0, 0.05) is 6.54 Å². The van der Waals surface area contributed by atoms with Gasteiger partial charge in [-0.05, 0) is 23.6 Å². The van der Waals surface area contributed by atoms with Gasteiger partial charge in [-0.3, -0.25) is 0 Å². The Morgan fingerprint density at radius 1 is 0.947 bits per heavy atom. The van der Waals surface area contributed by atoms with E-state index < -0.39 is 0 Å². The Balaban J connectivity index is 1.83. The number of morpholine rings is 1. The van der Waals surface area contributed by atoms with Crippen molar-refractivity contribution in [3.8, 4) is 11.1 Å². The zero-order valence-corrected chi connectivity index (χ0v) is 11.2. The molecule has 1 aliphatic heterocycles. The maximum Gasteiger partial charge on any atom is 0.0742 e. The van der Waals surface area contributed by atoms with Gasteiger partial charge in [-0.1, -0.05) is 54.6 Å². The van der Waals surface area contributed by atoms with Gasteiger partial charge in [0.25, 0.3) is 0 Å². The number of rotatable bonds is 2. The molecular formula is C17H19NO. The molecule has 0 aromatic heterocycles. The van der Waals surface area contributed by atoms with E-state index in [0.717, 1.165) is 13.2 Å². The van der Waals surface area contributed by atoms with E-state index in [9.17, 15) is 0 Å². The molecule has 98 valence electrons. The quantitative estimate of drug-likeness (QED) is 0.885. The number of hydrogen-bond acceptors (Lipinski definition) is 2. The zero-order chi connectivity index (χ0) is 13.1. The van der Waals surface area contributed by atoms with Crippen molar-refractivity contribution in [1.29, 1.82) is 0 Å². The van der Waals surface area contributed by atoms with E-state index in [1.54, 1.807) is 0 Å². The van der Waals surface area contributed by atoms with Crippen LogP contribution in [0.15, 0.2) is 54.6 Å². The Hall–Kier alpha value is -1.64. The molecule has 1 aliphatic rings. The Bertz CT molecular complexity index is 521. The third kappa shape index (κ3) is 2.70. The summed E-state index contributed by atoms with van der Waals surface area (Å²) >= 11 is 0. The van der Waals surface area contributed by atoms with Crippen LogP contribution in [0.3, 0.4) is 0 Å². The molecule has 0 bridgehead atoms. The van der Waals surface area contributed by atoms with Crippen molar-refractivity contribution in [3.05, 3.63) is 60.2 Å². The van der Waals surface area contributed by atoms with Crippen molar-refractivity contribution in [3.63, 3.8) is 0 Å². The number of nitrogens with one attached hydrogen (secondary N) is 1. The van der Waals surface area contributed by atoms with Crippen LogP contribution in [0.2, 0.25) is 0 Å². The Morgan fingerprint density at radius 2 is 1.63 bits per heavy atom. The van der Waals surface area contributed by atoms with Crippen LogP contribution < -0.4 is 5.32 Å². The highest BCUT2D eigenvalue weighted by molar-refractivity contribution is 5.63. The van der Waals surface area contributed by atoms with Gasteiger partial charge >= 0.3 is 0 Å². The highest BCUT2D eigenvalue weighted by Crippen LogP contribution is 2.25. The molecule has 2 atom stereocenters. The highest BCUT2D eigenvalue weighted by Gasteiger charge is 2.22. The lowest BCUT2D eigenvalue weighted by atomic mass is 9.97. The molecule has 3 rings (SSSR count). The van der Waals surface area contributed by atoms with E-state index in [4.69, 9.17) is 4.74 Å². The van der Waals surface area contributed by atoms with Gasteiger partial charge in [0.2, 0.25) is 0 Å². The first-order chi connectivity index (χ1) is 9.34. The first-order valence-corrected chi connectivity index (χ1v) is 6.85. The van der Waals surface area contributed by atoms with E-state index in [2.05, 4.69) is 60.8 Å². The average molecular weight is 253 g/mol. The fourth-order valence-corrected chi connectivity index (χ4v) is 2.62. The lowest BCUT2D eigenvalue weighted by Crippen LogP contribution is -2.40. The van der Waals surface area contributed by atoms with Gasteiger partial charge in [0.05, 0.1) is 18.8 Å². The predicted molar refractivity (Wildman–Crippen MR) is 78.0 cm³/mol. The Kier molecular flexibility index (Phi) is 3.62. The van der Waals surface area contributed by atoms with Crippen LogP contribution >= 0.6 is 0 Å². The summed E-state index contributed by atoms with van der Waals surface area (Å²) < 4.78 is 5.70. The standard InChI is InChI=1S/C17H19NO/c1-13-17(18-11-12-19-13)16-9-7-15(8-10-16)14-5-3-2-4-6-14/h2-10,13,17-18H,11-12H2,1H3. The molecule has 0 radical (unpaired) electrons. The second-order valence-corrected chi connectivity index (χ2v) is 5.00. The monoisotopic (exact) mass is 253 g/mol. The Labute approximate surface area is 114 Å². The van der Waals surface area contributed by atoms with Crippen LogP contribution in [0.25, 0.3) is 11.1 Å². The summed E-state index contributed by atoms with van der Waals surface area (Å²) in [4.78, 5) is 0. The molecule has 0 aliphatic carbocycles. The molecule has 2 nitrogen and oxygen atoms in total. The molecule has 2 heteroatoms. The summed E-state index contributed by atoms with van der Waals surface area (Å²) in [6.45, 7) is 3.86. The average Bonchev–Trinajstić information content (AvgIpc) is 2.49. The molecule has 1 saturated heterocycles. The maximum atomic E-state index is 5.70. The smallest absolute Gasteiger partial charge is 0.0742 e. The number of hydrogen-bond donors (Lipinski definition) is 1. The van der Waals surface area contributed by atoms with E-state index in [0.29, 0.717) is 6.04 Å². The first kappa shape index (κ1) is 12.4. The molecule has 0 saturated carbocycles. The van der Waals surface area contributed by atoms with Crippen molar-refractivity contribution in [1.82, 2.24) is 5.32 Å². The van der Waals surface area contributed by atoms with Crippen LogP contribution in [0.1, 0.15) is 18.5 Å². The van der Waals surface area contributed by atoms with Crippen molar-refractivity contribution in [2.24, 2.45) is 0 Å². The number of ether oxygens (including phenoxy) is 1. The summed E-state index contributed by atoms with van der Waals surface area (Å²) in [6, 6.07) is 19.5. The second-order valence-electron chi connectivity index (χ2n) is 5.00. The maximum absolute atomic E-state index is 5.70.